The number of amides is 1. The van der Waals surface area contributed by atoms with E-state index in [2.05, 4.69) is 5.32 Å². The largest absolute Gasteiger partial charge is 0.479 e. The molecule has 262 valence electrons. The average molecular weight is 664 g/mol. The average Bonchev–Trinajstić information content (AvgIpc) is 3.00. The van der Waals surface area contributed by atoms with Gasteiger partial charge in [0.15, 0.2) is 25.0 Å². The summed E-state index contributed by atoms with van der Waals surface area (Å²) in [6.45, 7) is -2.45. The molecule has 3 saturated heterocycles. The smallest absolute Gasteiger partial charge is 0.335 e. The first kappa shape index (κ1) is 37.7. The molecule has 3 heterocycles. The zero-order valence-corrected chi connectivity index (χ0v) is 23.8. The van der Waals surface area contributed by atoms with Crippen LogP contribution in [0, 0.1) is 0 Å². The second-order valence-corrected chi connectivity index (χ2v) is 10.7. The van der Waals surface area contributed by atoms with Gasteiger partial charge in [-0.15, -0.1) is 0 Å². The van der Waals surface area contributed by atoms with Gasteiger partial charge in [-0.25, -0.2) is 4.79 Å². The van der Waals surface area contributed by atoms with Crippen LogP contribution in [0.4, 0.5) is 0 Å². The minimum absolute atomic E-state index is 0.736. The first-order valence-electron chi connectivity index (χ1n) is 13.8. The number of rotatable bonds is 13. The van der Waals surface area contributed by atoms with E-state index in [9.17, 15) is 70.9 Å². The van der Waals surface area contributed by atoms with Crippen LogP contribution < -0.4 is 5.32 Å². The molecule has 21 heteroatoms. The van der Waals surface area contributed by atoms with Crippen LogP contribution in [0.15, 0.2) is 0 Å². The van der Waals surface area contributed by atoms with Gasteiger partial charge in [0.2, 0.25) is 5.91 Å². The Balaban J connectivity index is 1.86. The van der Waals surface area contributed by atoms with Gasteiger partial charge in [-0.2, -0.15) is 0 Å². The van der Waals surface area contributed by atoms with Crippen LogP contribution in [0.1, 0.15) is 6.92 Å². The first-order valence-corrected chi connectivity index (χ1v) is 13.8. The molecule has 21 nitrogen and oxygen atoms in total. The zero-order chi connectivity index (χ0) is 33.7. The Morgan fingerprint density at radius 2 is 1.24 bits per heavy atom. The number of aliphatic hydroxyl groups excluding tert-OH is 11. The molecule has 0 bridgehead atoms. The van der Waals surface area contributed by atoms with Gasteiger partial charge in [-0.05, 0) is 0 Å². The minimum Gasteiger partial charge on any atom is -0.479 e. The maximum Gasteiger partial charge on any atom is 0.335 e. The molecular weight excluding hydrogens is 622 g/mol. The molecule has 13 N–H and O–H groups in total. The number of carbonyl (C=O) groups excluding carboxylic acids is 1. The molecule has 1 amide bonds. The lowest BCUT2D eigenvalue weighted by Crippen LogP contribution is -2.69. The van der Waals surface area contributed by atoms with Crippen LogP contribution in [0.25, 0.3) is 0 Å². The highest BCUT2D eigenvalue weighted by Gasteiger charge is 2.55. The van der Waals surface area contributed by atoms with Gasteiger partial charge in [0.1, 0.15) is 79.3 Å². The number of nitrogens with one attached hydrogen (secondary N) is 1. The van der Waals surface area contributed by atoms with E-state index in [1.165, 1.54) is 0 Å². The van der Waals surface area contributed by atoms with Crippen molar-refractivity contribution in [2.24, 2.45) is 0 Å². The van der Waals surface area contributed by atoms with Crippen molar-refractivity contribution in [2.75, 3.05) is 26.4 Å². The molecule has 0 aromatic carbocycles. The summed E-state index contributed by atoms with van der Waals surface area (Å²) in [5.74, 6) is -2.54. The lowest BCUT2D eigenvalue weighted by Gasteiger charge is -2.48. The second-order valence-electron chi connectivity index (χ2n) is 10.7. The number of carboxylic acids is 1. The Hall–Kier alpha value is -1.74. The van der Waals surface area contributed by atoms with E-state index < -0.39 is 143 Å². The van der Waals surface area contributed by atoms with Crippen LogP contribution in [0.3, 0.4) is 0 Å². The Bertz CT molecular complexity index is 962. The van der Waals surface area contributed by atoms with Gasteiger partial charge >= 0.3 is 5.97 Å². The summed E-state index contributed by atoms with van der Waals surface area (Å²) in [5, 5.41) is 124. The number of carboxylic acid groups (broad SMARTS) is 1. The lowest BCUT2D eigenvalue weighted by atomic mass is 9.95. The maximum atomic E-state index is 12.2. The Morgan fingerprint density at radius 1 is 0.711 bits per heavy atom. The van der Waals surface area contributed by atoms with Crippen molar-refractivity contribution in [3.05, 3.63) is 0 Å². The van der Waals surface area contributed by atoms with Crippen LogP contribution in [-0.4, -0.2) is 204 Å². The summed E-state index contributed by atoms with van der Waals surface area (Å²) in [6, 6.07) is -1.56. The Kier molecular flexibility index (Phi) is 13.7. The quantitative estimate of drug-likeness (QED) is 0.0869. The van der Waals surface area contributed by atoms with Gasteiger partial charge in [0, 0.05) is 6.92 Å². The molecule has 45 heavy (non-hydrogen) atoms. The second kappa shape index (κ2) is 16.4. The number of hydrogen-bond donors (Lipinski definition) is 13. The molecule has 0 spiro atoms. The van der Waals surface area contributed by atoms with Crippen molar-refractivity contribution in [3.63, 3.8) is 0 Å². The summed E-state index contributed by atoms with van der Waals surface area (Å²) in [7, 11) is 0. The van der Waals surface area contributed by atoms with Crippen molar-refractivity contribution in [3.8, 4) is 0 Å². The van der Waals surface area contributed by atoms with E-state index in [0.29, 0.717) is 0 Å². The van der Waals surface area contributed by atoms with Crippen LogP contribution in [-0.2, 0) is 38.0 Å². The minimum atomic E-state index is -2.21. The van der Waals surface area contributed by atoms with E-state index in [-0.39, 0.29) is 0 Å². The van der Waals surface area contributed by atoms with Gasteiger partial charge < -0.3 is 95.0 Å². The van der Waals surface area contributed by atoms with Crippen molar-refractivity contribution >= 4 is 11.9 Å². The molecule has 3 rings (SSSR count). The highest BCUT2D eigenvalue weighted by Crippen LogP contribution is 2.33. The third kappa shape index (κ3) is 8.41. The predicted octanol–water partition coefficient (Wildman–Crippen LogP) is -8.60. The number of carbonyl (C=O) groups is 2. The molecule has 0 aromatic heterocycles. The first-order chi connectivity index (χ1) is 21.2. The molecule has 0 unspecified atom stereocenters. The molecule has 0 aliphatic carbocycles. The van der Waals surface area contributed by atoms with Gasteiger partial charge in [-0.3, -0.25) is 4.79 Å². The Labute approximate surface area is 254 Å². The lowest BCUT2D eigenvalue weighted by molar-refractivity contribution is -0.381. The van der Waals surface area contributed by atoms with Crippen molar-refractivity contribution < 1.29 is 99.3 Å². The van der Waals surface area contributed by atoms with E-state index in [1.807, 2.05) is 0 Å². The fourth-order valence-electron chi connectivity index (χ4n) is 5.05. The summed E-state index contributed by atoms with van der Waals surface area (Å²) >= 11 is 0. The van der Waals surface area contributed by atoms with Gasteiger partial charge in [0.05, 0.1) is 26.4 Å². The zero-order valence-electron chi connectivity index (χ0n) is 23.8. The molecule has 0 radical (unpaired) electrons. The number of aliphatic hydroxyl groups is 11. The van der Waals surface area contributed by atoms with E-state index in [0.717, 1.165) is 6.92 Å². The summed E-state index contributed by atoms with van der Waals surface area (Å²) < 4.78 is 32.5. The van der Waals surface area contributed by atoms with Crippen LogP contribution >= 0.6 is 0 Å². The fraction of sp³-hybridized carbons (Fsp3) is 0.917. The van der Waals surface area contributed by atoms with Crippen molar-refractivity contribution in [1.29, 1.82) is 0 Å². The topological polar surface area (TPSA) is 344 Å². The Morgan fingerprint density at radius 3 is 1.76 bits per heavy atom. The molecule has 3 aliphatic heterocycles. The van der Waals surface area contributed by atoms with Crippen molar-refractivity contribution in [1.82, 2.24) is 5.32 Å². The van der Waals surface area contributed by atoms with Crippen LogP contribution in [0.5, 0.6) is 0 Å². The molecule has 3 aliphatic rings. The summed E-state index contributed by atoms with van der Waals surface area (Å²) in [5.41, 5.74) is 0. The third-order valence-electron chi connectivity index (χ3n) is 7.55. The molecule has 0 saturated carbocycles. The van der Waals surface area contributed by atoms with Gasteiger partial charge in [-0.1, -0.05) is 0 Å². The van der Waals surface area contributed by atoms with E-state index in [1.54, 1.807) is 0 Å². The highest BCUT2D eigenvalue weighted by atomic mass is 16.8. The fourth-order valence-corrected chi connectivity index (χ4v) is 5.05. The van der Waals surface area contributed by atoms with Gasteiger partial charge in [0.25, 0.3) is 0 Å². The standard InChI is InChI=1S/C24H41NO20/c1-6(30)25-11-14(34)12(32)9(4-28)41-22(11)43-18-16(36)17(37)23(45-20(18)21(38)39)44-19-15(35)13(33)10(5-29)42-24(19)40-8(3-27)7(31)2-26/h7-20,22-24,26-29,31-37H,2-5H2,1H3,(H,25,30)(H,38,39)/t7-,8-,9-,10-,11-,12-,13-,14-,15+,16-,17-,18+,19+,20+,22+,23-,24+/m1/s1. The molecular formula is C24H41NO20. The number of aliphatic carboxylic acids is 1. The normalized spacial score (nSPS) is 43.8. The SMILES string of the molecule is CC(=O)N[C@H]1[C@H](O[C@H]2[C@H](O)[C@@H](O)[C@H](O[C@@H]3[C@@H](O[C@H](CO)[C@H](O)CO)O[C@H](CO)[C@@H](O)[C@@H]3O)O[C@@H]2C(=O)O)O[C@H](CO)[C@@H](O)[C@@H]1O. The maximum absolute atomic E-state index is 12.2. The number of ether oxygens (including phenoxy) is 6. The molecule has 17 atom stereocenters. The summed E-state index contributed by atoms with van der Waals surface area (Å²) in [6.07, 6.45) is -30.0. The van der Waals surface area contributed by atoms with E-state index in [4.69, 9.17) is 28.4 Å². The number of hydrogen-bond acceptors (Lipinski definition) is 19. The molecule has 0 aromatic rings. The predicted molar refractivity (Wildman–Crippen MR) is 136 cm³/mol. The highest BCUT2D eigenvalue weighted by molar-refractivity contribution is 5.74. The molecule has 3 fully saturated rings. The summed E-state index contributed by atoms with van der Waals surface area (Å²) in [4.78, 5) is 23.9. The van der Waals surface area contributed by atoms with Crippen molar-refractivity contribution in [2.45, 2.75) is 111 Å². The third-order valence-corrected chi connectivity index (χ3v) is 7.55. The van der Waals surface area contributed by atoms with Crippen LogP contribution in [0.2, 0.25) is 0 Å². The van der Waals surface area contributed by atoms with E-state index >= 15 is 0 Å². The monoisotopic (exact) mass is 663 g/mol.